The number of benzene rings is 2. The van der Waals surface area contributed by atoms with Gasteiger partial charge in [-0.15, -0.1) is 11.8 Å². The van der Waals surface area contributed by atoms with Crippen molar-refractivity contribution in [1.29, 1.82) is 0 Å². The van der Waals surface area contributed by atoms with Crippen LogP contribution in [0.2, 0.25) is 0 Å². The number of aromatic nitrogens is 1. The molecule has 0 amide bonds. The van der Waals surface area contributed by atoms with Crippen molar-refractivity contribution in [2.45, 2.75) is 16.7 Å². The van der Waals surface area contributed by atoms with Crippen LogP contribution in [0, 0.1) is 0 Å². The number of rotatable bonds is 9. The van der Waals surface area contributed by atoms with Crippen LogP contribution in [0.15, 0.2) is 76.3 Å². The maximum Gasteiger partial charge on any atom is 0.241 e. The number of pyridine rings is 1. The van der Waals surface area contributed by atoms with Crippen LogP contribution >= 0.6 is 11.8 Å². The summed E-state index contributed by atoms with van der Waals surface area (Å²) in [6.45, 7) is 3.62. The number of thioether (sulfide) groups is 1. The third kappa shape index (κ3) is 5.90. The molecule has 7 heteroatoms. The molecule has 0 aliphatic heterocycles. The van der Waals surface area contributed by atoms with Crippen molar-refractivity contribution in [3.05, 3.63) is 72.1 Å². The zero-order chi connectivity index (χ0) is 20.7. The first kappa shape index (κ1) is 21.5. The van der Waals surface area contributed by atoms with Crippen LogP contribution in [-0.2, 0) is 10.0 Å². The third-order valence-electron chi connectivity index (χ3n) is 4.46. The Bertz CT molecular complexity index is 1090. The minimum atomic E-state index is -3.58. The first-order valence-corrected chi connectivity index (χ1v) is 12.0. The van der Waals surface area contributed by atoms with Gasteiger partial charge in [0.2, 0.25) is 10.0 Å². The minimum Gasteiger partial charge on any atom is -0.312 e. The highest BCUT2D eigenvalue weighted by atomic mass is 32.2. The number of hydrogen-bond acceptors (Lipinski definition) is 5. The molecule has 0 saturated carbocycles. The molecule has 0 spiro atoms. The molecule has 0 atom stereocenters. The van der Waals surface area contributed by atoms with E-state index in [-0.39, 0.29) is 4.90 Å². The highest BCUT2D eigenvalue weighted by Crippen LogP contribution is 2.21. The van der Waals surface area contributed by atoms with Gasteiger partial charge in [0.05, 0.1) is 4.90 Å². The van der Waals surface area contributed by atoms with E-state index in [2.05, 4.69) is 58.5 Å². The molecule has 3 aromatic rings. The molecular formula is C22H25N3O2S2. The second-order valence-electron chi connectivity index (χ2n) is 6.69. The predicted octanol–water partition coefficient (Wildman–Crippen LogP) is 3.93. The maximum atomic E-state index is 12.7. The van der Waals surface area contributed by atoms with Gasteiger partial charge in [0.25, 0.3) is 0 Å². The average Bonchev–Trinajstić information content (AvgIpc) is 2.73. The number of sulfonamides is 1. The van der Waals surface area contributed by atoms with Crippen LogP contribution in [-0.4, -0.2) is 39.3 Å². The molecule has 0 saturated heterocycles. The van der Waals surface area contributed by atoms with E-state index in [1.165, 1.54) is 10.5 Å². The number of nitrogens with one attached hydrogen (secondary N) is 2. The van der Waals surface area contributed by atoms with Crippen LogP contribution in [0.1, 0.15) is 12.5 Å². The fraction of sp³-hybridized carbons (Fsp3) is 0.227. The summed E-state index contributed by atoms with van der Waals surface area (Å²) < 4.78 is 28.0. The number of nitrogens with zero attached hydrogens (tertiary/aromatic N) is 1. The summed E-state index contributed by atoms with van der Waals surface area (Å²) in [5, 5.41) is 4.76. The summed E-state index contributed by atoms with van der Waals surface area (Å²) in [6.07, 6.45) is 7.46. The van der Waals surface area contributed by atoms with Gasteiger partial charge in [-0.1, -0.05) is 35.9 Å². The van der Waals surface area contributed by atoms with E-state index in [1.807, 2.05) is 6.07 Å². The summed E-state index contributed by atoms with van der Waals surface area (Å²) in [5.41, 5.74) is 2.35. The standard InChI is InChI=1S/C22H25N3O2S2/c1-17(14-18-6-8-20(28-2)9-7-18)15-24-12-13-25-29(26,27)22-5-3-4-19-16-23-11-10-21(19)22/h3-11,14,16,24-25H,12-13,15H2,1-2H3/b17-14+. The molecule has 0 aliphatic carbocycles. The smallest absolute Gasteiger partial charge is 0.241 e. The van der Waals surface area contributed by atoms with Gasteiger partial charge in [0.1, 0.15) is 0 Å². The summed E-state index contributed by atoms with van der Waals surface area (Å²) in [7, 11) is -3.58. The Morgan fingerprint density at radius 3 is 2.66 bits per heavy atom. The topological polar surface area (TPSA) is 71.1 Å². The molecule has 0 bridgehead atoms. The van der Waals surface area contributed by atoms with Crippen molar-refractivity contribution >= 4 is 38.6 Å². The summed E-state index contributed by atoms with van der Waals surface area (Å²) in [5.74, 6) is 0. The highest BCUT2D eigenvalue weighted by molar-refractivity contribution is 7.98. The molecular weight excluding hydrogens is 402 g/mol. The predicted molar refractivity (Wildman–Crippen MR) is 122 cm³/mol. The lowest BCUT2D eigenvalue weighted by molar-refractivity contribution is 0.579. The van der Waals surface area contributed by atoms with Crippen LogP contribution < -0.4 is 10.0 Å². The average molecular weight is 428 g/mol. The van der Waals surface area contributed by atoms with Crippen LogP contribution in [0.4, 0.5) is 0 Å². The van der Waals surface area contributed by atoms with E-state index in [0.717, 1.165) is 10.9 Å². The largest absolute Gasteiger partial charge is 0.312 e. The summed E-state index contributed by atoms with van der Waals surface area (Å²) >= 11 is 1.72. The molecule has 0 radical (unpaired) electrons. The fourth-order valence-corrected chi connectivity index (χ4v) is 4.67. The van der Waals surface area contributed by atoms with Gasteiger partial charge in [0.15, 0.2) is 0 Å². The van der Waals surface area contributed by atoms with E-state index in [9.17, 15) is 8.42 Å². The summed E-state index contributed by atoms with van der Waals surface area (Å²) in [6, 6.07) is 15.3. The van der Waals surface area contributed by atoms with Crippen LogP contribution in [0.3, 0.4) is 0 Å². The van der Waals surface area contributed by atoms with Gasteiger partial charge >= 0.3 is 0 Å². The van der Waals surface area contributed by atoms with Crippen LogP contribution in [0.5, 0.6) is 0 Å². The molecule has 152 valence electrons. The summed E-state index contributed by atoms with van der Waals surface area (Å²) in [4.78, 5) is 5.57. The molecule has 1 heterocycles. The number of hydrogen-bond donors (Lipinski definition) is 2. The SMILES string of the molecule is CSc1ccc(/C=C(\C)CNCCNS(=O)(=O)c2cccc3cnccc23)cc1. The van der Waals surface area contributed by atoms with Gasteiger partial charge in [-0.25, -0.2) is 13.1 Å². The van der Waals surface area contributed by atoms with E-state index in [0.29, 0.717) is 25.0 Å². The van der Waals surface area contributed by atoms with Crippen LogP contribution in [0.25, 0.3) is 16.8 Å². The lowest BCUT2D eigenvalue weighted by Crippen LogP contribution is -2.32. The lowest BCUT2D eigenvalue weighted by Gasteiger charge is -2.10. The lowest BCUT2D eigenvalue weighted by atomic mass is 10.1. The van der Waals surface area contributed by atoms with Gasteiger partial charge in [-0.2, -0.15) is 0 Å². The van der Waals surface area contributed by atoms with E-state index in [1.54, 1.807) is 42.4 Å². The molecule has 0 aliphatic rings. The number of fused-ring (bicyclic) bond motifs is 1. The van der Waals surface area contributed by atoms with Crippen molar-refractivity contribution in [3.63, 3.8) is 0 Å². The zero-order valence-electron chi connectivity index (χ0n) is 16.6. The minimum absolute atomic E-state index is 0.280. The quantitative estimate of drug-likeness (QED) is 0.400. The zero-order valence-corrected chi connectivity index (χ0v) is 18.2. The Morgan fingerprint density at radius 2 is 1.90 bits per heavy atom. The van der Waals surface area contributed by atoms with Crippen molar-refractivity contribution in [3.8, 4) is 0 Å². The highest BCUT2D eigenvalue weighted by Gasteiger charge is 2.16. The van der Waals surface area contributed by atoms with Crippen molar-refractivity contribution in [2.75, 3.05) is 25.9 Å². The van der Waals surface area contributed by atoms with Gasteiger partial charge in [-0.05, 0) is 43.0 Å². The molecule has 0 unspecified atom stereocenters. The Kier molecular flexibility index (Phi) is 7.44. The Balaban J connectivity index is 1.51. The molecule has 2 N–H and O–H groups in total. The van der Waals surface area contributed by atoms with E-state index >= 15 is 0 Å². The van der Waals surface area contributed by atoms with Crippen molar-refractivity contribution < 1.29 is 8.42 Å². The Labute approximate surface area is 176 Å². The second-order valence-corrected chi connectivity index (χ2v) is 9.31. The van der Waals surface area contributed by atoms with Gasteiger partial charge in [-0.3, -0.25) is 4.98 Å². The molecule has 2 aromatic carbocycles. The third-order valence-corrected chi connectivity index (χ3v) is 6.72. The first-order valence-electron chi connectivity index (χ1n) is 9.34. The molecule has 1 aromatic heterocycles. The van der Waals surface area contributed by atoms with Gasteiger partial charge < -0.3 is 5.32 Å². The molecule has 5 nitrogen and oxygen atoms in total. The molecule has 3 rings (SSSR count). The fourth-order valence-electron chi connectivity index (χ4n) is 3.00. The van der Waals surface area contributed by atoms with Crippen molar-refractivity contribution in [2.24, 2.45) is 0 Å². The first-order chi connectivity index (χ1) is 14.0. The monoisotopic (exact) mass is 427 g/mol. The normalized spacial score (nSPS) is 12.4. The van der Waals surface area contributed by atoms with Gasteiger partial charge in [0, 0.05) is 47.7 Å². The molecule has 29 heavy (non-hydrogen) atoms. The van der Waals surface area contributed by atoms with Crippen molar-refractivity contribution in [1.82, 2.24) is 15.0 Å². The maximum absolute atomic E-state index is 12.7. The van der Waals surface area contributed by atoms with E-state index in [4.69, 9.17) is 0 Å². The Morgan fingerprint density at radius 1 is 1.10 bits per heavy atom. The molecule has 0 fully saturated rings. The second kappa shape index (κ2) is 10.0. The Hall–Kier alpha value is -2.19. The van der Waals surface area contributed by atoms with E-state index < -0.39 is 10.0 Å².